The lowest BCUT2D eigenvalue weighted by Crippen LogP contribution is -2.09. The van der Waals surface area contributed by atoms with E-state index in [1.807, 2.05) is 6.07 Å². The summed E-state index contributed by atoms with van der Waals surface area (Å²) in [5.41, 5.74) is 1.06. The molecule has 3 N–H and O–H groups in total. The monoisotopic (exact) mass is 318 g/mol. The standard InChI is InChI=1S/C9H10O2.C8H8O3.CH4/c1-7(10)9(11)8-5-3-2-4-6-8;9-7(8(10)11)6-4-2-1-3-5-6;/h2-6,9,11H,1H3;1-5,7,9H,(H,10,11);1H4/t9-;7-;/m11./s1. The van der Waals surface area contributed by atoms with Crippen molar-refractivity contribution >= 4 is 11.8 Å². The number of aliphatic hydroxyl groups is 2. The average Bonchev–Trinajstić information content (AvgIpc) is 2.55. The fourth-order valence-electron chi connectivity index (χ4n) is 1.65. The van der Waals surface area contributed by atoms with Gasteiger partial charge in [-0.05, 0) is 18.1 Å². The molecule has 0 radical (unpaired) electrons. The molecule has 5 nitrogen and oxygen atoms in total. The van der Waals surface area contributed by atoms with Crippen molar-refractivity contribution in [1.29, 1.82) is 0 Å². The van der Waals surface area contributed by atoms with Crippen LogP contribution < -0.4 is 0 Å². The number of carbonyl (C=O) groups is 2. The molecule has 0 aliphatic carbocycles. The number of carboxylic acid groups (broad SMARTS) is 1. The zero-order chi connectivity index (χ0) is 16.5. The van der Waals surface area contributed by atoms with Crippen LogP contribution in [0.3, 0.4) is 0 Å². The van der Waals surface area contributed by atoms with E-state index >= 15 is 0 Å². The molecule has 124 valence electrons. The first-order chi connectivity index (χ1) is 10.4. The van der Waals surface area contributed by atoms with Gasteiger partial charge < -0.3 is 15.3 Å². The highest BCUT2D eigenvalue weighted by atomic mass is 16.4. The van der Waals surface area contributed by atoms with Crippen LogP contribution in [0.15, 0.2) is 60.7 Å². The quantitative estimate of drug-likeness (QED) is 0.805. The molecular weight excluding hydrogens is 296 g/mol. The lowest BCUT2D eigenvalue weighted by molar-refractivity contribution is -0.147. The smallest absolute Gasteiger partial charge is 0.337 e. The second-order valence-corrected chi connectivity index (χ2v) is 4.58. The minimum atomic E-state index is -1.41. The molecule has 23 heavy (non-hydrogen) atoms. The zero-order valence-corrected chi connectivity index (χ0v) is 12.1. The lowest BCUT2D eigenvalue weighted by atomic mass is 10.1. The fraction of sp³-hybridized carbons (Fsp3) is 0.222. The Morgan fingerprint density at radius 1 is 0.783 bits per heavy atom. The summed E-state index contributed by atoms with van der Waals surface area (Å²) in [5, 5.41) is 26.6. The number of aliphatic hydroxyl groups excluding tert-OH is 2. The Hall–Kier alpha value is -2.50. The molecule has 5 heteroatoms. The van der Waals surface area contributed by atoms with E-state index in [0.29, 0.717) is 11.1 Å². The largest absolute Gasteiger partial charge is 0.479 e. The molecular formula is C18H22O5. The molecule has 0 amide bonds. The summed E-state index contributed by atoms with van der Waals surface area (Å²) >= 11 is 0. The van der Waals surface area contributed by atoms with Crippen molar-refractivity contribution in [1.82, 2.24) is 0 Å². The van der Waals surface area contributed by atoms with Gasteiger partial charge in [-0.2, -0.15) is 0 Å². The van der Waals surface area contributed by atoms with Crippen molar-refractivity contribution in [2.24, 2.45) is 0 Å². The van der Waals surface area contributed by atoms with Crippen LogP contribution in [0.1, 0.15) is 37.7 Å². The molecule has 0 saturated carbocycles. The van der Waals surface area contributed by atoms with Crippen LogP contribution in [-0.4, -0.2) is 27.1 Å². The Labute approximate surface area is 135 Å². The number of aliphatic carboxylic acids is 1. The number of carbonyl (C=O) groups excluding carboxylic acids is 1. The van der Waals surface area contributed by atoms with Gasteiger partial charge in [0, 0.05) is 0 Å². The second-order valence-electron chi connectivity index (χ2n) is 4.58. The molecule has 2 rings (SSSR count). The molecule has 0 heterocycles. The molecule has 0 aromatic heterocycles. The topological polar surface area (TPSA) is 94.8 Å². The maximum Gasteiger partial charge on any atom is 0.337 e. The van der Waals surface area contributed by atoms with Crippen molar-refractivity contribution in [3.8, 4) is 0 Å². The van der Waals surface area contributed by atoms with Crippen LogP contribution in [0.25, 0.3) is 0 Å². The van der Waals surface area contributed by atoms with Crippen molar-refractivity contribution in [2.45, 2.75) is 26.6 Å². The van der Waals surface area contributed by atoms with Crippen LogP contribution >= 0.6 is 0 Å². The van der Waals surface area contributed by atoms with Crippen LogP contribution in [0.4, 0.5) is 0 Å². The third-order valence-corrected chi connectivity index (χ3v) is 2.85. The first-order valence-electron chi connectivity index (χ1n) is 6.62. The Kier molecular flexibility index (Phi) is 9.15. The van der Waals surface area contributed by atoms with Crippen LogP contribution in [0.2, 0.25) is 0 Å². The van der Waals surface area contributed by atoms with Gasteiger partial charge in [-0.25, -0.2) is 4.79 Å². The predicted molar refractivity (Wildman–Crippen MR) is 87.9 cm³/mol. The van der Waals surface area contributed by atoms with E-state index in [1.165, 1.54) is 6.92 Å². The SMILES string of the molecule is C.CC(=O)[C@@H](O)c1ccccc1.O=C(O)[C@H](O)c1ccccc1. The highest BCUT2D eigenvalue weighted by Crippen LogP contribution is 2.12. The number of carboxylic acids is 1. The van der Waals surface area contributed by atoms with Crippen LogP contribution in [0, 0.1) is 0 Å². The normalized spacial score (nSPS) is 12.0. The number of Topliss-reactive ketones (excluding diaryl/α,β-unsaturated/α-hetero) is 1. The summed E-state index contributed by atoms with van der Waals surface area (Å²) < 4.78 is 0. The van der Waals surface area contributed by atoms with E-state index in [2.05, 4.69) is 0 Å². The third-order valence-electron chi connectivity index (χ3n) is 2.85. The van der Waals surface area contributed by atoms with E-state index in [0.717, 1.165) is 0 Å². The van der Waals surface area contributed by atoms with E-state index in [4.69, 9.17) is 10.2 Å². The molecule has 0 fully saturated rings. The summed E-state index contributed by atoms with van der Waals surface area (Å²) in [4.78, 5) is 20.9. The van der Waals surface area contributed by atoms with Gasteiger partial charge in [0.15, 0.2) is 11.9 Å². The van der Waals surface area contributed by atoms with Gasteiger partial charge in [0.25, 0.3) is 0 Å². The summed E-state index contributed by atoms with van der Waals surface area (Å²) in [6, 6.07) is 17.1. The predicted octanol–water partition coefficient (Wildman–Crippen LogP) is 2.75. The summed E-state index contributed by atoms with van der Waals surface area (Å²) in [6.45, 7) is 1.37. The summed E-state index contributed by atoms with van der Waals surface area (Å²) in [7, 11) is 0. The van der Waals surface area contributed by atoms with Gasteiger partial charge >= 0.3 is 5.97 Å². The summed E-state index contributed by atoms with van der Waals surface area (Å²) in [5.74, 6) is -1.45. The number of hydrogen-bond donors (Lipinski definition) is 3. The molecule has 0 aliphatic heterocycles. The maximum atomic E-state index is 10.7. The van der Waals surface area contributed by atoms with Gasteiger partial charge in [-0.1, -0.05) is 68.1 Å². The number of rotatable bonds is 4. The van der Waals surface area contributed by atoms with Gasteiger partial charge in [0.2, 0.25) is 0 Å². The highest BCUT2D eigenvalue weighted by Gasteiger charge is 2.14. The Morgan fingerprint density at radius 3 is 1.43 bits per heavy atom. The molecule has 0 saturated heterocycles. The molecule has 0 unspecified atom stereocenters. The Bertz CT molecular complexity index is 540. The summed E-state index contributed by atoms with van der Waals surface area (Å²) in [6.07, 6.45) is -2.37. The van der Waals surface area contributed by atoms with Gasteiger partial charge in [0.05, 0.1) is 0 Å². The average molecular weight is 318 g/mol. The van der Waals surface area contributed by atoms with Crippen LogP contribution in [0.5, 0.6) is 0 Å². The van der Waals surface area contributed by atoms with E-state index in [1.54, 1.807) is 54.6 Å². The molecule has 0 bridgehead atoms. The highest BCUT2D eigenvalue weighted by molar-refractivity contribution is 5.81. The molecule has 2 aromatic rings. The lowest BCUT2D eigenvalue weighted by Gasteiger charge is -2.04. The fourth-order valence-corrected chi connectivity index (χ4v) is 1.65. The maximum absolute atomic E-state index is 10.7. The van der Waals surface area contributed by atoms with E-state index in [9.17, 15) is 14.7 Å². The van der Waals surface area contributed by atoms with Gasteiger partial charge in [-0.15, -0.1) is 0 Å². The van der Waals surface area contributed by atoms with Gasteiger partial charge in [0.1, 0.15) is 6.10 Å². The van der Waals surface area contributed by atoms with Crippen molar-refractivity contribution < 1.29 is 24.9 Å². The van der Waals surface area contributed by atoms with Gasteiger partial charge in [-0.3, -0.25) is 4.79 Å². The molecule has 2 atom stereocenters. The van der Waals surface area contributed by atoms with E-state index < -0.39 is 18.2 Å². The second kappa shape index (κ2) is 10.3. The Morgan fingerprint density at radius 2 is 1.13 bits per heavy atom. The minimum Gasteiger partial charge on any atom is -0.479 e. The van der Waals surface area contributed by atoms with Crippen molar-refractivity contribution in [2.75, 3.05) is 0 Å². The molecule has 0 aliphatic rings. The van der Waals surface area contributed by atoms with Crippen LogP contribution in [-0.2, 0) is 9.59 Å². The first kappa shape index (κ1) is 20.5. The Balaban J connectivity index is 0.000000403. The third kappa shape index (κ3) is 6.86. The molecule has 0 spiro atoms. The number of benzene rings is 2. The minimum absolute atomic E-state index is 0. The zero-order valence-electron chi connectivity index (χ0n) is 12.1. The molecule has 2 aromatic carbocycles. The first-order valence-corrected chi connectivity index (χ1v) is 6.62. The number of hydrogen-bond acceptors (Lipinski definition) is 4. The van der Waals surface area contributed by atoms with E-state index in [-0.39, 0.29) is 13.2 Å². The van der Waals surface area contributed by atoms with Crippen molar-refractivity contribution in [3.05, 3.63) is 71.8 Å². The van der Waals surface area contributed by atoms with Crippen molar-refractivity contribution in [3.63, 3.8) is 0 Å². The number of ketones is 1.